The van der Waals surface area contributed by atoms with E-state index in [0.717, 1.165) is 5.56 Å². The Hall–Kier alpha value is -3.95. The van der Waals surface area contributed by atoms with Crippen molar-refractivity contribution in [1.82, 2.24) is 10.6 Å². The molecule has 2 aromatic rings. The van der Waals surface area contributed by atoms with Crippen molar-refractivity contribution in [3.8, 4) is 5.75 Å². The van der Waals surface area contributed by atoms with Crippen molar-refractivity contribution in [3.05, 3.63) is 69.8 Å². The highest BCUT2D eigenvalue weighted by atomic mass is 16.6. The van der Waals surface area contributed by atoms with Crippen molar-refractivity contribution in [3.63, 3.8) is 0 Å². The molecule has 2 rings (SSSR count). The highest BCUT2D eigenvalue weighted by Crippen LogP contribution is 2.25. The minimum atomic E-state index is -1.11. The lowest BCUT2D eigenvalue weighted by molar-refractivity contribution is -0.384. The van der Waals surface area contributed by atoms with E-state index in [9.17, 15) is 24.5 Å². The van der Waals surface area contributed by atoms with E-state index in [2.05, 4.69) is 10.6 Å². The number of hydrogen-bond acceptors (Lipinski definition) is 7. The number of non-ortho nitro benzene ring substituents is 1. The molecule has 0 aliphatic carbocycles. The highest BCUT2D eigenvalue weighted by molar-refractivity contribution is 5.87. The lowest BCUT2D eigenvalue weighted by Gasteiger charge is -2.18. The van der Waals surface area contributed by atoms with Crippen LogP contribution in [-0.4, -0.2) is 43.0 Å². The summed E-state index contributed by atoms with van der Waals surface area (Å²) in [6, 6.07) is 12.1. The van der Waals surface area contributed by atoms with E-state index in [0.29, 0.717) is 11.3 Å². The lowest BCUT2D eigenvalue weighted by Crippen LogP contribution is -2.43. The number of amides is 2. The highest BCUT2D eigenvalue weighted by Gasteiger charge is 2.25. The molecule has 0 heterocycles. The van der Waals surface area contributed by atoms with Gasteiger partial charge in [-0.2, -0.15) is 0 Å². The fraction of sp³-hybridized carbons (Fsp3) is 0.348. The summed E-state index contributed by atoms with van der Waals surface area (Å²) in [6.45, 7) is 1.84. The third-order valence-corrected chi connectivity index (χ3v) is 4.98. The first-order chi connectivity index (χ1) is 15.7. The molecule has 2 N–H and O–H groups in total. The molecule has 10 heteroatoms. The Balaban J connectivity index is 1.99. The van der Waals surface area contributed by atoms with Crippen LogP contribution in [-0.2, 0) is 25.5 Å². The summed E-state index contributed by atoms with van der Waals surface area (Å²) in [5.41, 5.74) is 1.12. The number of carbonyl (C=O) groups excluding carboxylic acids is 3. The molecule has 2 amide bonds. The molecular formula is C23H27N3O7. The topological polar surface area (TPSA) is 137 Å². The smallest absolute Gasteiger partial charge is 0.328 e. The molecule has 10 nitrogen and oxygen atoms in total. The largest absolute Gasteiger partial charge is 0.496 e. The lowest BCUT2D eigenvalue weighted by atomic mass is 10.0. The molecule has 0 unspecified atom stereocenters. The molecule has 0 fully saturated rings. The second-order valence-corrected chi connectivity index (χ2v) is 7.30. The van der Waals surface area contributed by atoms with Gasteiger partial charge in [-0.1, -0.05) is 30.3 Å². The van der Waals surface area contributed by atoms with Crippen LogP contribution in [0.1, 0.15) is 36.9 Å². The molecule has 176 valence electrons. The normalized spacial score (nSPS) is 12.2. The van der Waals surface area contributed by atoms with E-state index in [1.165, 1.54) is 32.4 Å². The Morgan fingerprint density at radius 3 is 2.21 bits per heavy atom. The number of nitrogens with zero attached hydrogens (tertiary/aromatic N) is 1. The minimum absolute atomic E-state index is 0.0724. The monoisotopic (exact) mass is 457 g/mol. The Morgan fingerprint density at radius 2 is 1.64 bits per heavy atom. The van der Waals surface area contributed by atoms with Gasteiger partial charge in [0.25, 0.3) is 5.69 Å². The maximum Gasteiger partial charge on any atom is 0.328 e. The van der Waals surface area contributed by atoms with Crippen LogP contribution in [0.3, 0.4) is 0 Å². The number of ether oxygens (including phenoxy) is 2. The molecule has 0 aliphatic rings. The fourth-order valence-electron chi connectivity index (χ4n) is 3.23. The third kappa shape index (κ3) is 7.60. The van der Waals surface area contributed by atoms with Crippen molar-refractivity contribution >= 4 is 23.5 Å². The molecule has 0 bridgehead atoms. The van der Waals surface area contributed by atoms with E-state index in [4.69, 9.17) is 9.47 Å². The maximum atomic E-state index is 12.4. The van der Waals surface area contributed by atoms with Crippen molar-refractivity contribution in [2.75, 3.05) is 14.2 Å². The minimum Gasteiger partial charge on any atom is -0.496 e. The van der Waals surface area contributed by atoms with Gasteiger partial charge in [0, 0.05) is 37.0 Å². The number of benzene rings is 2. The number of nitro groups is 1. The van der Waals surface area contributed by atoms with Crippen LogP contribution in [0, 0.1) is 10.1 Å². The molecule has 0 spiro atoms. The Kier molecular flexibility index (Phi) is 9.34. The molecule has 0 aliphatic heterocycles. The summed E-state index contributed by atoms with van der Waals surface area (Å²) in [5, 5.41) is 16.4. The molecular weight excluding hydrogens is 430 g/mol. The SMILES string of the molecule is COC(=O)[C@@H](Cc1cc([N+](=O)[O-])ccc1OC)NC(=O)CCC(=O)N[C@H](C)c1ccccc1. The zero-order chi connectivity index (χ0) is 24.4. The van der Waals surface area contributed by atoms with Gasteiger partial charge in [-0.3, -0.25) is 19.7 Å². The van der Waals surface area contributed by atoms with Crippen LogP contribution >= 0.6 is 0 Å². The standard InChI is InChI=1S/C23H27N3O7/c1-15(16-7-5-4-6-8-16)24-21(27)11-12-22(28)25-19(23(29)33-3)14-17-13-18(26(30)31)9-10-20(17)32-2/h4-10,13,15,19H,11-12,14H2,1-3H3,(H,24,27)(H,25,28)/t15-,19-/m1/s1. The summed E-state index contributed by atoms with van der Waals surface area (Å²) in [5.74, 6) is -1.23. The Morgan fingerprint density at radius 1 is 1.00 bits per heavy atom. The zero-order valence-electron chi connectivity index (χ0n) is 18.7. The van der Waals surface area contributed by atoms with Gasteiger partial charge < -0.3 is 20.1 Å². The van der Waals surface area contributed by atoms with Crippen molar-refractivity contribution in [2.45, 2.75) is 38.3 Å². The van der Waals surface area contributed by atoms with Crippen LogP contribution in [0.2, 0.25) is 0 Å². The van der Waals surface area contributed by atoms with Gasteiger partial charge in [-0.05, 0) is 18.6 Å². The number of carbonyl (C=O) groups is 3. The van der Waals surface area contributed by atoms with E-state index in [1.54, 1.807) is 0 Å². The molecule has 0 radical (unpaired) electrons. The number of hydrogen-bond donors (Lipinski definition) is 2. The fourth-order valence-corrected chi connectivity index (χ4v) is 3.23. The van der Waals surface area contributed by atoms with Gasteiger partial charge in [0.05, 0.1) is 25.2 Å². The van der Waals surface area contributed by atoms with Gasteiger partial charge in [-0.15, -0.1) is 0 Å². The summed E-state index contributed by atoms with van der Waals surface area (Å²) in [6.07, 6.45) is -0.301. The number of rotatable bonds is 11. The van der Waals surface area contributed by atoms with E-state index >= 15 is 0 Å². The second-order valence-electron chi connectivity index (χ2n) is 7.30. The maximum absolute atomic E-state index is 12.4. The van der Waals surface area contributed by atoms with Crippen LogP contribution in [0.5, 0.6) is 5.75 Å². The van der Waals surface area contributed by atoms with E-state index in [-0.39, 0.29) is 36.9 Å². The Bertz CT molecular complexity index is 995. The first kappa shape index (κ1) is 25.3. The van der Waals surface area contributed by atoms with Gasteiger partial charge in [0.2, 0.25) is 11.8 Å². The zero-order valence-corrected chi connectivity index (χ0v) is 18.7. The molecule has 2 atom stereocenters. The van der Waals surface area contributed by atoms with Gasteiger partial charge >= 0.3 is 5.97 Å². The molecule has 2 aromatic carbocycles. The summed E-state index contributed by atoms with van der Waals surface area (Å²) < 4.78 is 9.97. The molecule has 33 heavy (non-hydrogen) atoms. The first-order valence-corrected chi connectivity index (χ1v) is 10.3. The van der Waals surface area contributed by atoms with Crippen LogP contribution in [0.15, 0.2) is 48.5 Å². The quantitative estimate of drug-likeness (QED) is 0.300. The van der Waals surface area contributed by atoms with Crippen LogP contribution < -0.4 is 15.4 Å². The van der Waals surface area contributed by atoms with E-state index < -0.39 is 22.8 Å². The molecule has 0 saturated heterocycles. The predicted octanol–water partition coefficient (Wildman–Crippen LogP) is 2.46. The van der Waals surface area contributed by atoms with Crippen LogP contribution in [0.25, 0.3) is 0 Å². The number of nitrogens with one attached hydrogen (secondary N) is 2. The molecule has 0 aromatic heterocycles. The second kappa shape index (κ2) is 12.2. The van der Waals surface area contributed by atoms with Crippen molar-refractivity contribution in [1.29, 1.82) is 0 Å². The van der Waals surface area contributed by atoms with Gasteiger partial charge in [0.1, 0.15) is 11.8 Å². The summed E-state index contributed by atoms with van der Waals surface area (Å²) in [4.78, 5) is 47.4. The number of nitro benzene ring substituents is 1. The van der Waals surface area contributed by atoms with Gasteiger partial charge in [-0.25, -0.2) is 4.79 Å². The Labute approximate surface area is 191 Å². The number of methoxy groups -OCH3 is 2. The van der Waals surface area contributed by atoms with Crippen molar-refractivity contribution in [2.24, 2.45) is 0 Å². The average Bonchev–Trinajstić information content (AvgIpc) is 2.82. The average molecular weight is 457 g/mol. The summed E-state index contributed by atoms with van der Waals surface area (Å²) in [7, 11) is 2.57. The van der Waals surface area contributed by atoms with Crippen molar-refractivity contribution < 1.29 is 28.8 Å². The third-order valence-electron chi connectivity index (χ3n) is 4.98. The number of esters is 1. The first-order valence-electron chi connectivity index (χ1n) is 10.3. The van der Waals surface area contributed by atoms with Gasteiger partial charge in [0.15, 0.2) is 0 Å². The van der Waals surface area contributed by atoms with Crippen LogP contribution in [0.4, 0.5) is 5.69 Å². The predicted molar refractivity (Wildman–Crippen MR) is 120 cm³/mol. The molecule has 0 saturated carbocycles. The van der Waals surface area contributed by atoms with E-state index in [1.807, 2.05) is 37.3 Å². The summed E-state index contributed by atoms with van der Waals surface area (Å²) >= 11 is 0.